The molecule has 2 rings (SSSR count). The zero-order valence-electron chi connectivity index (χ0n) is 9.24. The molecule has 2 aliphatic rings. The Bertz CT molecular complexity index is 209. The van der Waals surface area contributed by atoms with Crippen molar-refractivity contribution in [3.63, 3.8) is 0 Å². The van der Waals surface area contributed by atoms with Crippen LogP contribution in [0.15, 0.2) is 0 Å². The van der Waals surface area contributed by atoms with Crippen molar-refractivity contribution in [2.45, 2.75) is 51.2 Å². The number of ether oxygens (including phenoxy) is 2. The largest absolute Gasteiger partial charge is 0.353 e. The molecule has 0 N–H and O–H groups in total. The molecule has 2 unspecified atom stereocenters. The maximum Gasteiger partial charge on any atom is 0.157 e. The van der Waals surface area contributed by atoms with Crippen LogP contribution in [0.2, 0.25) is 0 Å². The zero-order chi connectivity index (χ0) is 10.5. The van der Waals surface area contributed by atoms with Crippen LogP contribution < -0.4 is 0 Å². The van der Waals surface area contributed by atoms with Crippen LogP contribution in [0.25, 0.3) is 0 Å². The first-order valence-corrected chi connectivity index (χ1v) is 6.12. The van der Waals surface area contributed by atoms with Crippen LogP contribution >= 0.6 is 0 Å². The first-order valence-electron chi connectivity index (χ1n) is 6.12. The molecule has 1 heterocycles. The van der Waals surface area contributed by atoms with Crippen molar-refractivity contribution in [3.05, 3.63) is 0 Å². The van der Waals surface area contributed by atoms with Gasteiger partial charge in [-0.25, -0.2) is 0 Å². The van der Waals surface area contributed by atoms with Gasteiger partial charge >= 0.3 is 0 Å². The second-order valence-electron chi connectivity index (χ2n) is 4.54. The molecule has 0 aromatic rings. The summed E-state index contributed by atoms with van der Waals surface area (Å²) in [6.07, 6.45) is 7.26. The number of Topliss-reactive ketones (excluding diaryl/α,β-unsaturated/α-hetero) is 1. The van der Waals surface area contributed by atoms with Gasteiger partial charge in [0.2, 0.25) is 0 Å². The third kappa shape index (κ3) is 3.28. The van der Waals surface area contributed by atoms with Gasteiger partial charge in [0.15, 0.2) is 6.29 Å². The van der Waals surface area contributed by atoms with Crippen LogP contribution in [0, 0.1) is 5.92 Å². The van der Waals surface area contributed by atoms with E-state index in [1.807, 2.05) is 0 Å². The molecule has 1 saturated heterocycles. The fourth-order valence-corrected chi connectivity index (χ4v) is 2.30. The predicted octanol–water partition coefficient (Wildman–Crippen LogP) is 2.29. The van der Waals surface area contributed by atoms with Crippen LogP contribution in [0.3, 0.4) is 0 Å². The van der Waals surface area contributed by atoms with Gasteiger partial charge in [-0.05, 0) is 32.1 Å². The molecule has 3 nitrogen and oxygen atoms in total. The Kier molecular flexibility index (Phi) is 4.15. The third-order valence-corrected chi connectivity index (χ3v) is 3.30. The van der Waals surface area contributed by atoms with Gasteiger partial charge in [0.25, 0.3) is 0 Å². The summed E-state index contributed by atoms with van der Waals surface area (Å²) in [6, 6.07) is 0. The summed E-state index contributed by atoms with van der Waals surface area (Å²) in [5, 5.41) is 0. The van der Waals surface area contributed by atoms with Gasteiger partial charge in [-0.15, -0.1) is 0 Å². The number of rotatable bonds is 3. The third-order valence-electron chi connectivity index (χ3n) is 3.30. The number of hydrogen-bond donors (Lipinski definition) is 0. The Balaban J connectivity index is 1.69. The predicted molar refractivity (Wildman–Crippen MR) is 56.5 cm³/mol. The summed E-state index contributed by atoms with van der Waals surface area (Å²) < 4.78 is 11.1. The lowest BCUT2D eigenvalue weighted by Gasteiger charge is -2.26. The molecule has 1 saturated carbocycles. The Morgan fingerprint density at radius 2 is 2.07 bits per heavy atom. The van der Waals surface area contributed by atoms with Crippen molar-refractivity contribution >= 4 is 5.78 Å². The van der Waals surface area contributed by atoms with Crippen molar-refractivity contribution in [2.24, 2.45) is 5.92 Å². The van der Waals surface area contributed by atoms with Crippen LogP contribution in [0.4, 0.5) is 0 Å². The van der Waals surface area contributed by atoms with E-state index in [0.717, 1.165) is 38.7 Å². The number of ketones is 1. The summed E-state index contributed by atoms with van der Waals surface area (Å²) in [4.78, 5) is 11.5. The summed E-state index contributed by atoms with van der Waals surface area (Å²) in [6.45, 7) is 1.38. The minimum atomic E-state index is -0.0477. The van der Waals surface area contributed by atoms with Crippen LogP contribution in [-0.4, -0.2) is 25.3 Å². The van der Waals surface area contributed by atoms with Gasteiger partial charge in [0.1, 0.15) is 5.78 Å². The SMILES string of the molecule is O=C1CCCCC1COC1CCCCO1. The summed E-state index contributed by atoms with van der Waals surface area (Å²) in [5.74, 6) is 0.529. The van der Waals surface area contributed by atoms with E-state index < -0.39 is 0 Å². The van der Waals surface area contributed by atoms with Crippen molar-refractivity contribution in [2.75, 3.05) is 13.2 Å². The molecular weight excluding hydrogens is 192 g/mol. The molecule has 3 heteroatoms. The van der Waals surface area contributed by atoms with Gasteiger partial charge in [-0.3, -0.25) is 4.79 Å². The maximum absolute atomic E-state index is 11.5. The fraction of sp³-hybridized carbons (Fsp3) is 0.917. The van der Waals surface area contributed by atoms with Gasteiger partial charge in [0.05, 0.1) is 6.61 Å². The first kappa shape index (κ1) is 11.1. The molecule has 2 atom stereocenters. The smallest absolute Gasteiger partial charge is 0.157 e. The molecule has 0 amide bonds. The highest BCUT2D eigenvalue weighted by Crippen LogP contribution is 2.22. The van der Waals surface area contributed by atoms with E-state index in [1.165, 1.54) is 12.8 Å². The summed E-state index contributed by atoms with van der Waals surface area (Å²) >= 11 is 0. The number of carbonyl (C=O) groups excluding carboxylic acids is 1. The van der Waals surface area contributed by atoms with Gasteiger partial charge < -0.3 is 9.47 Å². The van der Waals surface area contributed by atoms with E-state index in [4.69, 9.17) is 9.47 Å². The average molecular weight is 212 g/mol. The number of carbonyl (C=O) groups is 1. The van der Waals surface area contributed by atoms with Crippen molar-refractivity contribution < 1.29 is 14.3 Å². The Labute approximate surface area is 91.1 Å². The average Bonchev–Trinajstić information content (AvgIpc) is 2.29. The molecular formula is C12H20O3. The quantitative estimate of drug-likeness (QED) is 0.720. The second kappa shape index (κ2) is 5.61. The Morgan fingerprint density at radius 1 is 1.20 bits per heavy atom. The number of hydrogen-bond acceptors (Lipinski definition) is 3. The fourth-order valence-electron chi connectivity index (χ4n) is 2.30. The highest BCUT2D eigenvalue weighted by molar-refractivity contribution is 5.81. The standard InChI is InChI=1S/C12H20O3/c13-11-6-2-1-5-10(11)9-15-12-7-3-4-8-14-12/h10,12H,1-9H2. The first-order chi connectivity index (χ1) is 7.36. The van der Waals surface area contributed by atoms with E-state index in [2.05, 4.69) is 0 Å². The Morgan fingerprint density at radius 3 is 2.80 bits per heavy atom. The van der Waals surface area contributed by atoms with Crippen molar-refractivity contribution in [3.8, 4) is 0 Å². The monoisotopic (exact) mass is 212 g/mol. The minimum Gasteiger partial charge on any atom is -0.353 e. The molecule has 0 radical (unpaired) electrons. The molecule has 0 bridgehead atoms. The molecule has 1 aliphatic heterocycles. The maximum atomic E-state index is 11.5. The van der Waals surface area contributed by atoms with Crippen LogP contribution in [0.5, 0.6) is 0 Å². The minimum absolute atomic E-state index is 0.0477. The lowest BCUT2D eigenvalue weighted by atomic mass is 9.89. The lowest BCUT2D eigenvalue weighted by Crippen LogP contribution is -2.29. The van der Waals surface area contributed by atoms with Crippen LogP contribution in [-0.2, 0) is 14.3 Å². The second-order valence-corrected chi connectivity index (χ2v) is 4.54. The van der Waals surface area contributed by atoms with E-state index in [-0.39, 0.29) is 12.2 Å². The van der Waals surface area contributed by atoms with Gasteiger partial charge in [-0.2, -0.15) is 0 Å². The molecule has 15 heavy (non-hydrogen) atoms. The molecule has 0 aromatic carbocycles. The van der Waals surface area contributed by atoms with Crippen molar-refractivity contribution in [1.29, 1.82) is 0 Å². The van der Waals surface area contributed by atoms with E-state index >= 15 is 0 Å². The molecule has 1 aliphatic carbocycles. The highest BCUT2D eigenvalue weighted by Gasteiger charge is 2.24. The topological polar surface area (TPSA) is 35.5 Å². The van der Waals surface area contributed by atoms with E-state index in [0.29, 0.717) is 12.4 Å². The van der Waals surface area contributed by atoms with E-state index in [9.17, 15) is 4.79 Å². The highest BCUT2D eigenvalue weighted by atomic mass is 16.7. The zero-order valence-corrected chi connectivity index (χ0v) is 9.24. The molecule has 0 aromatic heterocycles. The van der Waals surface area contributed by atoms with Gasteiger partial charge in [-0.1, -0.05) is 6.42 Å². The van der Waals surface area contributed by atoms with Crippen molar-refractivity contribution in [1.82, 2.24) is 0 Å². The Hall–Kier alpha value is -0.410. The summed E-state index contributed by atoms with van der Waals surface area (Å²) in [5.41, 5.74) is 0. The normalized spacial score (nSPS) is 32.9. The summed E-state index contributed by atoms with van der Waals surface area (Å²) in [7, 11) is 0. The molecule has 0 spiro atoms. The molecule has 2 fully saturated rings. The van der Waals surface area contributed by atoms with Gasteiger partial charge in [0, 0.05) is 18.9 Å². The lowest BCUT2D eigenvalue weighted by molar-refractivity contribution is -0.172. The van der Waals surface area contributed by atoms with Crippen LogP contribution in [0.1, 0.15) is 44.9 Å². The molecule has 86 valence electrons. The van der Waals surface area contributed by atoms with E-state index in [1.54, 1.807) is 0 Å².